The standard InChI is InChI=1S/C21H22Cl2F3N3O/c1-3-6-29(12(2)13-4-5-17(22)18(23)7-13)20(30)16-8-14(24)11-27-19(16)28-15-9-21(25,26)10-15/h4-5,7-8,11-12,15H,3,6,9-10H2,1-2H3,(H,27,28). The van der Waals surface area contributed by atoms with Crippen molar-refractivity contribution in [2.75, 3.05) is 11.9 Å². The summed E-state index contributed by atoms with van der Waals surface area (Å²) in [6.45, 7) is 4.15. The second kappa shape index (κ2) is 9.02. The molecule has 9 heteroatoms. The summed E-state index contributed by atoms with van der Waals surface area (Å²) in [5.74, 6) is -3.75. The fourth-order valence-electron chi connectivity index (χ4n) is 3.49. The van der Waals surface area contributed by atoms with Gasteiger partial charge < -0.3 is 10.2 Å². The average molecular weight is 460 g/mol. The molecule has 162 valence electrons. The number of carbonyl (C=O) groups is 1. The lowest BCUT2D eigenvalue weighted by atomic mass is 9.88. The molecule has 1 unspecified atom stereocenters. The first-order valence-corrected chi connectivity index (χ1v) is 10.4. The quantitative estimate of drug-likeness (QED) is 0.524. The van der Waals surface area contributed by atoms with Crippen molar-refractivity contribution in [2.45, 2.75) is 51.1 Å². The van der Waals surface area contributed by atoms with E-state index in [1.807, 2.05) is 13.8 Å². The normalized spacial score (nSPS) is 16.6. The molecular formula is C21H22Cl2F3N3O. The predicted molar refractivity (Wildman–Crippen MR) is 112 cm³/mol. The zero-order valence-electron chi connectivity index (χ0n) is 16.6. The van der Waals surface area contributed by atoms with Gasteiger partial charge in [0.1, 0.15) is 11.6 Å². The number of halogens is 5. The van der Waals surface area contributed by atoms with Crippen LogP contribution < -0.4 is 5.32 Å². The Balaban J connectivity index is 1.89. The van der Waals surface area contributed by atoms with Crippen molar-refractivity contribution in [2.24, 2.45) is 0 Å². The Morgan fingerprint density at radius 1 is 1.30 bits per heavy atom. The van der Waals surface area contributed by atoms with E-state index in [4.69, 9.17) is 23.2 Å². The van der Waals surface area contributed by atoms with Gasteiger partial charge in [-0.2, -0.15) is 0 Å². The van der Waals surface area contributed by atoms with E-state index >= 15 is 0 Å². The summed E-state index contributed by atoms with van der Waals surface area (Å²) >= 11 is 12.1. The van der Waals surface area contributed by atoms with Crippen molar-refractivity contribution in [1.82, 2.24) is 9.88 Å². The second-order valence-corrected chi connectivity index (χ2v) is 8.32. The third kappa shape index (κ3) is 5.01. The number of benzene rings is 1. The van der Waals surface area contributed by atoms with E-state index in [0.717, 1.165) is 17.8 Å². The molecule has 0 radical (unpaired) electrons. The van der Waals surface area contributed by atoms with E-state index in [1.54, 1.807) is 23.1 Å². The molecule has 2 aromatic rings. The Morgan fingerprint density at radius 2 is 2.00 bits per heavy atom. The third-order valence-electron chi connectivity index (χ3n) is 5.13. The minimum absolute atomic E-state index is 0.00516. The Kier molecular flexibility index (Phi) is 6.82. The molecular weight excluding hydrogens is 438 g/mol. The molecule has 0 saturated heterocycles. The first kappa shape index (κ1) is 22.7. The highest BCUT2D eigenvalue weighted by atomic mass is 35.5. The van der Waals surface area contributed by atoms with Gasteiger partial charge in [0.15, 0.2) is 0 Å². The smallest absolute Gasteiger partial charge is 0.258 e. The first-order chi connectivity index (χ1) is 14.1. The van der Waals surface area contributed by atoms with E-state index in [9.17, 15) is 18.0 Å². The van der Waals surface area contributed by atoms with Crippen LogP contribution in [0, 0.1) is 5.82 Å². The first-order valence-electron chi connectivity index (χ1n) is 9.67. The van der Waals surface area contributed by atoms with Crippen LogP contribution in [-0.2, 0) is 0 Å². The van der Waals surface area contributed by atoms with E-state index in [2.05, 4.69) is 10.3 Å². The van der Waals surface area contributed by atoms with Crippen LogP contribution in [0.5, 0.6) is 0 Å². The van der Waals surface area contributed by atoms with Gasteiger partial charge in [0.05, 0.1) is 27.8 Å². The third-order valence-corrected chi connectivity index (χ3v) is 5.87. The molecule has 0 aliphatic heterocycles. The van der Waals surface area contributed by atoms with Crippen molar-refractivity contribution < 1.29 is 18.0 Å². The van der Waals surface area contributed by atoms with Crippen molar-refractivity contribution in [3.05, 3.63) is 57.5 Å². The van der Waals surface area contributed by atoms with Crippen molar-refractivity contribution >= 4 is 34.9 Å². The van der Waals surface area contributed by atoms with Crippen LogP contribution in [0.1, 0.15) is 55.1 Å². The second-order valence-electron chi connectivity index (χ2n) is 7.50. The minimum Gasteiger partial charge on any atom is -0.366 e. The number of hydrogen-bond donors (Lipinski definition) is 1. The number of anilines is 1. The van der Waals surface area contributed by atoms with Gasteiger partial charge >= 0.3 is 0 Å². The minimum atomic E-state index is -2.72. The maximum atomic E-state index is 13.9. The molecule has 1 aromatic carbocycles. The van der Waals surface area contributed by atoms with E-state index in [-0.39, 0.29) is 30.3 Å². The summed E-state index contributed by atoms with van der Waals surface area (Å²) in [4.78, 5) is 18.9. The number of alkyl halides is 2. The molecule has 3 rings (SSSR count). The summed E-state index contributed by atoms with van der Waals surface area (Å²) in [6, 6.07) is 5.29. The molecule has 1 N–H and O–H groups in total. The fraction of sp³-hybridized carbons (Fsp3) is 0.429. The van der Waals surface area contributed by atoms with Crippen LogP contribution in [0.3, 0.4) is 0 Å². The van der Waals surface area contributed by atoms with Gasteiger partial charge in [0.25, 0.3) is 11.8 Å². The van der Waals surface area contributed by atoms with Gasteiger partial charge in [0, 0.05) is 25.4 Å². The van der Waals surface area contributed by atoms with Gasteiger partial charge in [-0.3, -0.25) is 4.79 Å². The van der Waals surface area contributed by atoms with Crippen molar-refractivity contribution in [3.8, 4) is 0 Å². The Labute approximate surface area is 183 Å². The largest absolute Gasteiger partial charge is 0.366 e. The average Bonchev–Trinajstić information content (AvgIpc) is 2.67. The number of carbonyl (C=O) groups excluding carboxylic acids is 1. The number of nitrogens with zero attached hydrogens (tertiary/aromatic N) is 2. The monoisotopic (exact) mass is 459 g/mol. The van der Waals surface area contributed by atoms with E-state index in [1.165, 1.54) is 0 Å². The number of rotatable bonds is 7. The summed E-state index contributed by atoms with van der Waals surface area (Å²) in [7, 11) is 0. The molecule has 1 aliphatic carbocycles. The summed E-state index contributed by atoms with van der Waals surface area (Å²) < 4.78 is 40.3. The zero-order chi connectivity index (χ0) is 22.1. The van der Waals surface area contributed by atoms with Gasteiger partial charge in [-0.1, -0.05) is 36.2 Å². The highest BCUT2D eigenvalue weighted by molar-refractivity contribution is 6.42. The number of aromatic nitrogens is 1. The van der Waals surface area contributed by atoms with E-state index < -0.39 is 23.7 Å². The number of hydrogen-bond acceptors (Lipinski definition) is 3. The van der Waals surface area contributed by atoms with E-state index in [0.29, 0.717) is 23.0 Å². The molecule has 1 heterocycles. The van der Waals surface area contributed by atoms with Crippen LogP contribution >= 0.6 is 23.2 Å². The molecule has 1 aliphatic rings. The number of amides is 1. The SMILES string of the molecule is CCCN(C(=O)c1cc(F)cnc1NC1CC(F)(F)C1)C(C)c1ccc(Cl)c(Cl)c1. The van der Waals surface area contributed by atoms with Gasteiger partial charge in [-0.25, -0.2) is 18.2 Å². The van der Waals surface area contributed by atoms with Crippen molar-refractivity contribution in [1.29, 1.82) is 0 Å². The van der Waals surface area contributed by atoms with Crippen LogP contribution in [0.2, 0.25) is 10.0 Å². The van der Waals surface area contributed by atoms with Crippen LogP contribution in [-0.4, -0.2) is 34.3 Å². The molecule has 30 heavy (non-hydrogen) atoms. The molecule has 1 saturated carbocycles. The molecule has 4 nitrogen and oxygen atoms in total. The maximum Gasteiger partial charge on any atom is 0.258 e. The molecule has 1 amide bonds. The summed E-state index contributed by atoms with van der Waals surface area (Å²) in [5, 5.41) is 3.63. The number of nitrogens with one attached hydrogen (secondary N) is 1. The topological polar surface area (TPSA) is 45.2 Å². The molecule has 0 spiro atoms. The van der Waals surface area contributed by atoms with Crippen molar-refractivity contribution in [3.63, 3.8) is 0 Å². The molecule has 1 fully saturated rings. The lowest BCUT2D eigenvalue weighted by Crippen LogP contribution is -2.45. The van der Waals surface area contributed by atoms with Gasteiger partial charge in [-0.05, 0) is 37.1 Å². The zero-order valence-corrected chi connectivity index (χ0v) is 18.1. The van der Waals surface area contributed by atoms with Crippen LogP contribution in [0.4, 0.5) is 19.0 Å². The lowest BCUT2D eigenvalue weighted by Gasteiger charge is -2.36. The van der Waals surface area contributed by atoms with Gasteiger partial charge in [-0.15, -0.1) is 0 Å². The lowest BCUT2D eigenvalue weighted by molar-refractivity contribution is -0.0794. The highest BCUT2D eigenvalue weighted by Gasteiger charge is 2.45. The summed E-state index contributed by atoms with van der Waals surface area (Å²) in [6.07, 6.45) is 0.927. The highest BCUT2D eigenvalue weighted by Crippen LogP contribution is 2.39. The predicted octanol–water partition coefficient (Wildman–Crippen LogP) is 6.35. The number of pyridine rings is 1. The van der Waals surface area contributed by atoms with Crippen LogP contribution in [0.15, 0.2) is 30.5 Å². The summed E-state index contributed by atoms with van der Waals surface area (Å²) in [5.41, 5.74) is 0.772. The fourth-order valence-corrected chi connectivity index (χ4v) is 3.80. The Morgan fingerprint density at radius 3 is 2.60 bits per heavy atom. The molecule has 0 bridgehead atoms. The Hall–Kier alpha value is -1.99. The molecule has 1 atom stereocenters. The maximum absolute atomic E-state index is 13.9. The Bertz CT molecular complexity index is 934. The van der Waals surface area contributed by atoms with Gasteiger partial charge in [0.2, 0.25) is 0 Å². The molecule has 1 aromatic heterocycles. The van der Waals surface area contributed by atoms with Crippen LogP contribution in [0.25, 0.3) is 0 Å².